The molecular weight excluding hydrogens is 256 g/mol. The number of hydrogen-bond acceptors (Lipinski definition) is 4. The van der Waals surface area contributed by atoms with Gasteiger partial charge in [-0.3, -0.25) is 9.59 Å². The van der Waals surface area contributed by atoms with Crippen molar-refractivity contribution in [3.05, 3.63) is 0 Å². The van der Waals surface area contributed by atoms with Crippen molar-refractivity contribution in [3.63, 3.8) is 0 Å². The monoisotopic (exact) mass is 284 g/mol. The van der Waals surface area contributed by atoms with E-state index in [1.165, 1.54) is 39.9 Å². The van der Waals surface area contributed by atoms with Gasteiger partial charge in [0.15, 0.2) is 0 Å². The molecule has 116 valence electrons. The molecule has 0 aliphatic heterocycles. The SMILES string of the molecule is COC(=O)C1CCCCCCCCCCC1C(=O)OC. The molecule has 4 heteroatoms. The Balaban J connectivity index is 2.75. The Labute approximate surface area is 122 Å². The molecule has 20 heavy (non-hydrogen) atoms. The largest absolute Gasteiger partial charge is 0.469 e. The van der Waals surface area contributed by atoms with Gasteiger partial charge in [0.25, 0.3) is 0 Å². The standard InChI is InChI=1S/C16H28O4/c1-19-15(17)13-11-9-7-5-3-4-6-8-10-12-14(13)16(18)20-2/h13-14H,3-12H2,1-2H3. The van der Waals surface area contributed by atoms with Crippen molar-refractivity contribution in [2.24, 2.45) is 11.8 Å². The minimum atomic E-state index is -0.341. The molecule has 0 spiro atoms. The zero-order valence-electron chi connectivity index (χ0n) is 12.9. The first-order valence-corrected chi connectivity index (χ1v) is 7.86. The second kappa shape index (κ2) is 9.78. The van der Waals surface area contributed by atoms with E-state index < -0.39 is 0 Å². The fourth-order valence-electron chi connectivity index (χ4n) is 3.06. The first kappa shape index (κ1) is 17.0. The summed E-state index contributed by atoms with van der Waals surface area (Å²) in [5, 5.41) is 0. The molecule has 1 fully saturated rings. The Morgan fingerprint density at radius 3 is 1.25 bits per heavy atom. The number of hydrogen-bond donors (Lipinski definition) is 0. The molecule has 1 aliphatic rings. The van der Waals surface area contributed by atoms with Gasteiger partial charge in [0, 0.05) is 0 Å². The van der Waals surface area contributed by atoms with Crippen LogP contribution < -0.4 is 0 Å². The highest BCUT2D eigenvalue weighted by Gasteiger charge is 2.34. The molecule has 0 N–H and O–H groups in total. The van der Waals surface area contributed by atoms with Crippen molar-refractivity contribution in [1.82, 2.24) is 0 Å². The number of carbonyl (C=O) groups is 2. The van der Waals surface area contributed by atoms with Crippen molar-refractivity contribution in [2.75, 3.05) is 14.2 Å². The average molecular weight is 284 g/mol. The summed E-state index contributed by atoms with van der Waals surface area (Å²) in [6.45, 7) is 0. The summed E-state index contributed by atoms with van der Waals surface area (Å²) < 4.78 is 9.78. The molecule has 0 aromatic heterocycles. The van der Waals surface area contributed by atoms with Crippen molar-refractivity contribution in [2.45, 2.75) is 64.2 Å². The fourth-order valence-corrected chi connectivity index (χ4v) is 3.06. The van der Waals surface area contributed by atoms with E-state index in [1.54, 1.807) is 0 Å². The van der Waals surface area contributed by atoms with Crippen LogP contribution in [0.2, 0.25) is 0 Å². The molecule has 1 saturated carbocycles. The maximum atomic E-state index is 12.0. The lowest BCUT2D eigenvalue weighted by atomic mass is 9.83. The van der Waals surface area contributed by atoms with E-state index >= 15 is 0 Å². The highest BCUT2D eigenvalue weighted by molar-refractivity contribution is 5.81. The topological polar surface area (TPSA) is 52.6 Å². The average Bonchev–Trinajstić information content (AvgIpc) is 2.46. The quantitative estimate of drug-likeness (QED) is 0.728. The fraction of sp³-hybridized carbons (Fsp3) is 0.875. The molecule has 0 heterocycles. The number of rotatable bonds is 2. The van der Waals surface area contributed by atoms with Crippen LogP contribution in [0.25, 0.3) is 0 Å². The molecule has 0 amide bonds. The van der Waals surface area contributed by atoms with Crippen LogP contribution in [-0.2, 0) is 19.1 Å². The maximum Gasteiger partial charge on any atom is 0.309 e. The van der Waals surface area contributed by atoms with E-state index in [-0.39, 0.29) is 23.8 Å². The normalized spacial score (nSPS) is 25.9. The van der Waals surface area contributed by atoms with Gasteiger partial charge in [-0.05, 0) is 12.8 Å². The molecule has 0 aromatic rings. The number of methoxy groups -OCH3 is 2. The molecule has 0 bridgehead atoms. The van der Waals surface area contributed by atoms with E-state index in [9.17, 15) is 9.59 Å². The molecule has 1 aliphatic carbocycles. The van der Waals surface area contributed by atoms with Gasteiger partial charge in [-0.25, -0.2) is 0 Å². The van der Waals surface area contributed by atoms with E-state index in [0.717, 1.165) is 38.5 Å². The second-order valence-electron chi connectivity index (χ2n) is 5.67. The predicted molar refractivity (Wildman–Crippen MR) is 77.2 cm³/mol. The predicted octanol–water partition coefficient (Wildman–Crippen LogP) is 3.48. The summed E-state index contributed by atoms with van der Waals surface area (Å²) in [4.78, 5) is 24.0. The minimum Gasteiger partial charge on any atom is -0.469 e. The van der Waals surface area contributed by atoms with Crippen LogP contribution in [0.15, 0.2) is 0 Å². The Morgan fingerprint density at radius 2 is 0.950 bits per heavy atom. The van der Waals surface area contributed by atoms with Crippen LogP contribution in [0.3, 0.4) is 0 Å². The molecule has 2 unspecified atom stereocenters. The molecule has 0 aromatic carbocycles. The first-order valence-electron chi connectivity index (χ1n) is 7.86. The number of ether oxygens (including phenoxy) is 2. The van der Waals surface area contributed by atoms with Gasteiger partial charge < -0.3 is 9.47 Å². The zero-order chi connectivity index (χ0) is 14.8. The number of esters is 2. The van der Waals surface area contributed by atoms with E-state index in [0.29, 0.717) is 0 Å². The molecule has 2 atom stereocenters. The smallest absolute Gasteiger partial charge is 0.309 e. The molecule has 1 rings (SSSR count). The molecular formula is C16H28O4. The van der Waals surface area contributed by atoms with Gasteiger partial charge in [0.1, 0.15) is 0 Å². The third-order valence-electron chi connectivity index (χ3n) is 4.27. The van der Waals surface area contributed by atoms with E-state index in [1.807, 2.05) is 0 Å². The summed E-state index contributed by atoms with van der Waals surface area (Å²) in [6, 6.07) is 0. The third kappa shape index (κ3) is 5.51. The van der Waals surface area contributed by atoms with Gasteiger partial charge in [-0.1, -0.05) is 51.4 Å². The van der Waals surface area contributed by atoms with Crippen molar-refractivity contribution in [1.29, 1.82) is 0 Å². The van der Waals surface area contributed by atoms with Crippen LogP contribution in [0.1, 0.15) is 64.2 Å². The van der Waals surface area contributed by atoms with Gasteiger partial charge in [-0.2, -0.15) is 0 Å². The van der Waals surface area contributed by atoms with Crippen LogP contribution in [0, 0.1) is 11.8 Å². The van der Waals surface area contributed by atoms with Crippen LogP contribution >= 0.6 is 0 Å². The van der Waals surface area contributed by atoms with Gasteiger partial charge in [-0.15, -0.1) is 0 Å². The maximum absolute atomic E-state index is 12.0. The van der Waals surface area contributed by atoms with Gasteiger partial charge >= 0.3 is 11.9 Å². The van der Waals surface area contributed by atoms with Crippen LogP contribution in [0.5, 0.6) is 0 Å². The number of carbonyl (C=O) groups excluding carboxylic acids is 2. The van der Waals surface area contributed by atoms with E-state index in [2.05, 4.69) is 0 Å². The lowest BCUT2D eigenvalue weighted by molar-refractivity contribution is -0.158. The molecule has 0 saturated heterocycles. The summed E-state index contributed by atoms with van der Waals surface area (Å²) in [7, 11) is 2.79. The van der Waals surface area contributed by atoms with Crippen molar-refractivity contribution < 1.29 is 19.1 Å². The summed E-state index contributed by atoms with van der Waals surface area (Å²) in [5.41, 5.74) is 0. The Hall–Kier alpha value is -1.06. The zero-order valence-corrected chi connectivity index (χ0v) is 12.9. The lowest BCUT2D eigenvalue weighted by Crippen LogP contribution is -2.32. The minimum absolute atomic E-state index is 0.266. The molecule has 4 nitrogen and oxygen atoms in total. The second-order valence-corrected chi connectivity index (χ2v) is 5.67. The van der Waals surface area contributed by atoms with E-state index in [4.69, 9.17) is 9.47 Å². The van der Waals surface area contributed by atoms with Crippen LogP contribution in [-0.4, -0.2) is 26.2 Å². The summed E-state index contributed by atoms with van der Waals surface area (Å²) in [6.07, 6.45) is 10.7. The summed E-state index contributed by atoms with van der Waals surface area (Å²) in [5.74, 6) is -1.21. The highest BCUT2D eigenvalue weighted by atomic mass is 16.5. The third-order valence-corrected chi connectivity index (χ3v) is 4.27. The van der Waals surface area contributed by atoms with Crippen molar-refractivity contribution >= 4 is 11.9 Å². The highest BCUT2D eigenvalue weighted by Crippen LogP contribution is 2.28. The lowest BCUT2D eigenvalue weighted by Gasteiger charge is -2.23. The van der Waals surface area contributed by atoms with Gasteiger partial charge in [0.05, 0.1) is 26.1 Å². The Kier molecular flexibility index (Phi) is 8.31. The Morgan fingerprint density at radius 1 is 0.650 bits per heavy atom. The molecule has 0 radical (unpaired) electrons. The summed E-state index contributed by atoms with van der Waals surface area (Å²) >= 11 is 0. The van der Waals surface area contributed by atoms with Crippen LogP contribution in [0.4, 0.5) is 0 Å². The van der Waals surface area contributed by atoms with Gasteiger partial charge in [0.2, 0.25) is 0 Å². The van der Waals surface area contributed by atoms with Crippen molar-refractivity contribution in [3.8, 4) is 0 Å². The Bertz CT molecular complexity index is 271. The first-order chi connectivity index (χ1) is 9.70.